The minimum atomic E-state index is -4.52. The van der Waals surface area contributed by atoms with Crippen LogP contribution >= 0.6 is 11.6 Å². The normalized spacial score (nSPS) is 26.6. The zero-order chi connectivity index (χ0) is 24.3. The topological polar surface area (TPSA) is 41.1 Å². The third-order valence-corrected chi connectivity index (χ3v) is 8.38. The molecule has 35 heavy (non-hydrogen) atoms. The summed E-state index contributed by atoms with van der Waals surface area (Å²) in [5, 5.41) is 6.38. The molecule has 0 saturated heterocycles. The van der Waals surface area contributed by atoms with Gasteiger partial charge in [0, 0.05) is 11.3 Å². The summed E-state index contributed by atoms with van der Waals surface area (Å²) in [5.41, 5.74) is 2.95. The van der Waals surface area contributed by atoms with E-state index in [-0.39, 0.29) is 16.8 Å². The van der Waals surface area contributed by atoms with Crippen LogP contribution in [0.4, 0.5) is 24.5 Å². The number of rotatable bonds is 3. The van der Waals surface area contributed by atoms with Gasteiger partial charge >= 0.3 is 6.18 Å². The highest BCUT2D eigenvalue weighted by atomic mass is 35.5. The third kappa shape index (κ3) is 3.88. The number of nitrogens with one attached hydrogen (secondary N) is 2. The fraction of sp³-hybridized carbons (Fsp3) is 0.321. The first kappa shape index (κ1) is 22.5. The van der Waals surface area contributed by atoms with Crippen LogP contribution in [0.2, 0.25) is 5.02 Å². The second-order valence-corrected chi connectivity index (χ2v) is 10.3. The summed E-state index contributed by atoms with van der Waals surface area (Å²) in [6, 6.07) is 19.2. The molecule has 1 heterocycles. The lowest BCUT2D eigenvalue weighted by Gasteiger charge is -2.43. The highest BCUT2D eigenvalue weighted by Gasteiger charge is 2.53. The van der Waals surface area contributed by atoms with Crippen molar-refractivity contribution in [2.45, 2.75) is 37.4 Å². The summed E-state index contributed by atoms with van der Waals surface area (Å²) in [5.74, 6) is 1.59. The van der Waals surface area contributed by atoms with E-state index in [0.29, 0.717) is 29.2 Å². The van der Waals surface area contributed by atoms with Crippen LogP contribution < -0.4 is 10.6 Å². The zero-order valence-corrected chi connectivity index (χ0v) is 19.5. The van der Waals surface area contributed by atoms with E-state index in [0.717, 1.165) is 29.4 Å². The smallest absolute Gasteiger partial charge is 0.378 e. The monoisotopic (exact) mass is 496 g/mol. The molecule has 7 heteroatoms. The molecule has 3 aromatic carbocycles. The number of fused-ring (bicyclic) bond motifs is 7. The number of halogens is 4. The van der Waals surface area contributed by atoms with Crippen molar-refractivity contribution in [2.24, 2.45) is 17.8 Å². The van der Waals surface area contributed by atoms with E-state index in [4.69, 9.17) is 11.6 Å². The quantitative estimate of drug-likeness (QED) is 0.387. The molecule has 0 aromatic heterocycles. The lowest BCUT2D eigenvalue weighted by Crippen LogP contribution is -2.35. The van der Waals surface area contributed by atoms with Crippen LogP contribution in [-0.2, 0) is 6.18 Å². The molecule has 6 rings (SSSR count). The summed E-state index contributed by atoms with van der Waals surface area (Å²) in [6.07, 6.45) is -0.882. The van der Waals surface area contributed by atoms with Gasteiger partial charge in [-0.3, -0.25) is 4.79 Å². The maximum atomic E-state index is 13.1. The highest BCUT2D eigenvalue weighted by Crippen LogP contribution is 2.63. The van der Waals surface area contributed by atoms with Crippen LogP contribution in [0.3, 0.4) is 0 Å². The number of alkyl halides is 3. The standard InChI is InChI=1S/C28H24ClF3N2O/c29-21-10-9-19(28(30,31)32)14-23(21)34-27(35)18-8-11-22-20(13-18)24-16-6-7-17(12-16)25(24)26(33-22)15-4-2-1-3-5-15/h1-5,8-11,13-14,16-17,24-26,33H,6-7,12H2,(H,34,35)/t16-,17-,24-,25+,26+/m0/s1. The van der Waals surface area contributed by atoms with Crippen LogP contribution in [0.15, 0.2) is 66.7 Å². The highest BCUT2D eigenvalue weighted by molar-refractivity contribution is 6.34. The molecule has 2 N–H and O–H groups in total. The van der Waals surface area contributed by atoms with Crippen LogP contribution in [0.1, 0.15) is 58.3 Å². The fourth-order valence-electron chi connectivity index (χ4n) is 6.61. The Labute approximate surface area is 206 Å². The molecule has 3 aromatic rings. The van der Waals surface area contributed by atoms with Gasteiger partial charge in [0.2, 0.25) is 0 Å². The van der Waals surface area contributed by atoms with E-state index >= 15 is 0 Å². The Hall–Kier alpha value is -2.99. The first-order chi connectivity index (χ1) is 16.8. The van der Waals surface area contributed by atoms with Crippen molar-refractivity contribution in [2.75, 3.05) is 10.6 Å². The van der Waals surface area contributed by atoms with E-state index in [9.17, 15) is 18.0 Å². The number of hydrogen-bond acceptors (Lipinski definition) is 2. The van der Waals surface area contributed by atoms with Gasteiger partial charge in [0.25, 0.3) is 5.91 Å². The Balaban J connectivity index is 1.33. The molecule has 0 spiro atoms. The number of benzene rings is 3. The van der Waals surface area contributed by atoms with E-state index in [1.807, 2.05) is 18.2 Å². The van der Waals surface area contributed by atoms with E-state index in [2.05, 4.69) is 34.9 Å². The molecule has 2 fully saturated rings. The summed E-state index contributed by atoms with van der Waals surface area (Å²) in [4.78, 5) is 13.1. The van der Waals surface area contributed by atoms with Crippen molar-refractivity contribution < 1.29 is 18.0 Å². The minimum absolute atomic E-state index is 0.0516. The molecular weight excluding hydrogens is 473 g/mol. The van der Waals surface area contributed by atoms with Gasteiger partial charge in [0.1, 0.15) is 0 Å². The molecule has 0 unspecified atom stereocenters. The van der Waals surface area contributed by atoms with Gasteiger partial charge in [-0.05, 0) is 90.5 Å². The number of carbonyl (C=O) groups is 1. The molecule has 2 aliphatic carbocycles. The van der Waals surface area contributed by atoms with Crippen molar-refractivity contribution in [1.82, 2.24) is 0 Å². The number of carbonyl (C=O) groups excluding carboxylic acids is 1. The van der Waals surface area contributed by atoms with Gasteiger partial charge in [-0.1, -0.05) is 41.9 Å². The molecule has 2 bridgehead atoms. The molecule has 3 nitrogen and oxygen atoms in total. The van der Waals surface area contributed by atoms with E-state index in [1.54, 1.807) is 6.07 Å². The lowest BCUT2D eigenvalue weighted by atomic mass is 9.68. The maximum Gasteiger partial charge on any atom is 0.416 e. The van der Waals surface area contributed by atoms with Crippen LogP contribution in [0, 0.1) is 17.8 Å². The van der Waals surface area contributed by atoms with Gasteiger partial charge in [-0.25, -0.2) is 0 Å². The fourth-order valence-corrected chi connectivity index (χ4v) is 6.77. The number of amides is 1. The first-order valence-corrected chi connectivity index (χ1v) is 12.3. The molecule has 5 atom stereocenters. The van der Waals surface area contributed by atoms with Gasteiger partial charge < -0.3 is 10.6 Å². The Morgan fingerprint density at radius 1 is 0.971 bits per heavy atom. The first-order valence-electron chi connectivity index (χ1n) is 11.9. The summed E-state index contributed by atoms with van der Waals surface area (Å²) >= 11 is 6.09. The van der Waals surface area contributed by atoms with Crippen molar-refractivity contribution in [3.05, 3.63) is 94.0 Å². The molecule has 2 saturated carbocycles. The number of anilines is 2. The van der Waals surface area contributed by atoms with Gasteiger partial charge in [-0.2, -0.15) is 13.2 Å². The summed E-state index contributed by atoms with van der Waals surface area (Å²) < 4.78 is 39.4. The molecule has 0 radical (unpaired) electrons. The second-order valence-electron chi connectivity index (χ2n) is 9.92. The molecular formula is C28H24ClF3N2O. The predicted molar refractivity (Wildman–Crippen MR) is 131 cm³/mol. The molecule has 180 valence electrons. The Morgan fingerprint density at radius 2 is 1.74 bits per heavy atom. The van der Waals surface area contributed by atoms with Crippen LogP contribution in [0.25, 0.3) is 0 Å². The van der Waals surface area contributed by atoms with E-state index in [1.165, 1.54) is 24.8 Å². The van der Waals surface area contributed by atoms with Crippen LogP contribution in [0.5, 0.6) is 0 Å². The summed E-state index contributed by atoms with van der Waals surface area (Å²) in [7, 11) is 0. The van der Waals surface area contributed by atoms with Gasteiger partial charge in [-0.15, -0.1) is 0 Å². The minimum Gasteiger partial charge on any atom is -0.378 e. The van der Waals surface area contributed by atoms with Crippen molar-refractivity contribution in [1.29, 1.82) is 0 Å². The van der Waals surface area contributed by atoms with Crippen molar-refractivity contribution in [3.63, 3.8) is 0 Å². The van der Waals surface area contributed by atoms with Crippen LogP contribution in [-0.4, -0.2) is 5.91 Å². The Kier molecular flexibility index (Phi) is 5.33. The molecule has 1 amide bonds. The predicted octanol–water partition coefficient (Wildman–Crippen LogP) is 7.91. The number of hydrogen-bond donors (Lipinski definition) is 2. The average molecular weight is 497 g/mol. The van der Waals surface area contributed by atoms with Gasteiger partial charge in [0.15, 0.2) is 0 Å². The molecule has 3 aliphatic rings. The van der Waals surface area contributed by atoms with E-state index < -0.39 is 17.6 Å². The zero-order valence-electron chi connectivity index (χ0n) is 18.8. The average Bonchev–Trinajstić information content (AvgIpc) is 3.47. The SMILES string of the molecule is O=C(Nc1cc(C(F)(F)F)ccc1Cl)c1ccc2c(c1)[C@@H]1[C@H]3CC[C@@H](C3)[C@H]1[C@@H](c1ccccc1)N2. The summed E-state index contributed by atoms with van der Waals surface area (Å²) in [6.45, 7) is 0. The largest absolute Gasteiger partial charge is 0.416 e. The van der Waals surface area contributed by atoms with Crippen molar-refractivity contribution in [3.8, 4) is 0 Å². The lowest BCUT2D eigenvalue weighted by molar-refractivity contribution is -0.137. The Morgan fingerprint density at radius 3 is 2.51 bits per heavy atom. The third-order valence-electron chi connectivity index (χ3n) is 8.05. The van der Waals surface area contributed by atoms with Gasteiger partial charge in [0.05, 0.1) is 22.3 Å². The second kappa shape index (κ2) is 8.30. The molecule has 1 aliphatic heterocycles. The van der Waals surface area contributed by atoms with Crippen molar-refractivity contribution >= 4 is 28.9 Å². The Bertz CT molecular complexity index is 1290. The maximum absolute atomic E-state index is 13.1.